The number of anilines is 1. The first kappa shape index (κ1) is 23.1. The highest BCUT2D eigenvalue weighted by Crippen LogP contribution is 2.21. The molecule has 1 amide bonds. The van der Waals surface area contributed by atoms with E-state index in [2.05, 4.69) is 15.3 Å². The number of hydrogen-bond donors (Lipinski definition) is 1. The van der Waals surface area contributed by atoms with E-state index in [0.29, 0.717) is 22.4 Å². The van der Waals surface area contributed by atoms with Crippen LogP contribution in [0.4, 0.5) is 5.82 Å². The van der Waals surface area contributed by atoms with Gasteiger partial charge in [0.05, 0.1) is 12.2 Å². The molecule has 1 N–H and O–H groups in total. The number of hydrogen-bond acceptors (Lipinski definition) is 6. The lowest BCUT2D eigenvalue weighted by Crippen LogP contribution is -2.41. The van der Waals surface area contributed by atoms with Crippen LogP contribution in [0.15, 0.2) is 52.1 Å². The number of nitrogens with zero attached hydrogens (tertiary/aromatic N) is 5. The number of benzene rings is 1. The Labute approximate surface area is 198 Å². The fourth-order valence-corrected chi connectivity index (χ4v) is 3.77. The van der Waals surface area contributed by atoms with Gasteiger partial charge in [-0.3, -0.25) is 23.5 Å². The molecule has 0 saturated carbocycles. The van der Waals surface area contributed by atoms with Gasteiger partial charge in [-0.05, 0) is 38.1 Å². The lowest BCUT2D eigenvalue weighted by Gasteiger charge is -2.10. The van der Waals surface area contributed by atoms with Gasteiger partial charge < -0.3 is 9.88 Å². The molecule has 0 bridgehead atoms. The lowest BCUT2D eigenvalue weighted by molar-refractivity contribution is -0.118. The van der Waals surface area contributed by atoms with Gasteiger partial charge in [-0.2, -0.15) is 0 Å². The topological polar surface area (TPSA) is 121 Å². The molecule has 0 fully saturated rings. The zero-order valence-electron chi connectivity index (χ0n) is 18.7. The smallest absolute Gasteiger partial charge is 0.313 e. The summed E-state index contributed by atoms with van der Waals surface area (Å²) in [5.74, 6) is -0.0677. The second kappa shape index (κ2) is 9.06. The van der Waals surface area contributed by atoms with Crippen molar-refractivity contribution in [2.75, 3.05) is 5.32 Å². The first-order valence-corrected chi connectivity index (χ1v) is 10.7. The van der Waals surface area contributed by atoms with Crippen molar-refractivity contribution in [1.82, 2.24) is 23.7 Å². The van der Waals surface area contributed by atoms with Crippen molar-refractivity contribution in [1.29, 1.82) is 0 Å². The van der Waals surface area contributed by atoms with E-state index in [1.54, 1.807) is 31.2 Å². The molecular formula is C23H21ClN6O4. The zero-order chi connectivity index (χ0) is 24.6. The summed E-state index contributed by atoms with van der Waals surface area (Å²) >= 11 is 5.94. The van der Waals surface area contributed by atoms with Crippen LogP contribution in [0.3, 0.4) is 0 Å². The van der Waals surface area contributed by atoms with Crippen LogP contribution in [0.25, 0.3) is 22.4 Å². The Morgan fingerprint density at radius 3 is 2.38 bits per heavy atom. The predicted octanol–water partition coefficient (Wildman–Crippen LogP) is 2.15. The van der Waals surface area contributed by atoms with E-state index in [1.165, 1.54) is 23.1 Å². The molecule has 0 aliphatic carbocycles. The number of aryl methyl sites for hydroxylation is 2. The summed E-state index contributed by atoms with van der Waals surface area (Å²) in [4.78, 5) is 58.7. The summed E-state index contributed by atoms with van der Waals surface area (Å²) in [6, 6.07) is 12.4. The Morgan fingerprint density at radius 2 is 1.71 bits per heavy atom. The fourth-order valence-electron chi connectivity index (χ4n) is 3.65. The molecule has 174 valence electrons. The molecular weight excluding hydrogens is 460 g/mol. The first-order valence-electron chi connectivity index (χ1n) is 10.3. The molecule has 0 aliphatic rings. The number of rotatable bonds is 6. The molecule has 4 aromatic rings. The summed E-state index contributed by atoms with van der Waals surface area (Å²) < 4.78 is 3.46. The van der Waals surface area contributed by atoms with E-state index in [4.69, 9.17) is 11.6 Å². The predicted molar refractivity (Wildman–Crippen MR) is 128 cm³/mol. The van der Waals surface area contributed by atoms with Gasteiger partial charge in [0.1, 0.15) is 24.0 Å². The number of imidazole rings is 1. The van der Waals surface area contributed by atoms with Crippen LogP contribution in [-0.2, 0) is 29.7 Å². The van der Waals surface area contributed by atoms with Crippen LogP contribution in [-0.4, -0.2) is 35.4 Å². The second-order valence-electron chi connectivity index (χ2n) is 7.82. The highest BCUT2D eigenvalue weighted by molar-refractivity contribution is 6.30. The van der Waals surface area contributed by atoms with Crippen molar-refractivity contribution < 1.29 is 9.59 Å². The van der Waals surface area contributed by atoms with Crippen LogP contribution < -0.4 is 16.6 Å². The van der Waals surface area contributed by atoms with E-state index in [-0.39, 0.29) is 30.0 Å². The molecule has 0 unspecified atom stereocenters. The molecule has 3 heterocycles. The number of pyridine rings is 1. The maximum absolute atomic E-state index is 13.0. The average molecular weight is 481 g/mol. The Hall–Kier alpha value is -4.05. The largest absolute Gasteiger partial charge is 0.332 e. The van der Waals surface area contributed by atoms with Crippen molar-refractivity contribution in [2.24, 2.45) is 7.05 Å². The van der Waals surface area contributed by atoms with Gasteiger partial charge in [0.15, 0.2) is 11.2 Å². The molecule has 4 rings (SSSR count). The van der Waals surface area contributed by atoms with Crippen LogP contribution in [0.2, 0.25) is 5.02 Å². The van der Waals surface area contributed by atoms with Gasteiger partial charge in [0.2, 0.25) is 5.91 Å². The highest BCUT2D eigenvalue weighted by Gasteiger charge is 2.20. The van der Waals surface area contributed by atoms with E-state index >= 15 is 0 Å². The standard InChI is InChI=1S/C23H21ClN6O4/c1-13(31)11-30-22(33)20-21(28(3)23(30)34)25-14(2)29(20)12-19(32)27-18-6-4-5-17(26-18)15-7-9-16(24)10-8-15/h4-10H,11-12H2,1-3H3,(H,26,27,32). The number of ketones is 1. The van der Waals surface area contributed by atoms with Crippen LogP contribution in [0.1, 0.15) is 12.7 Å². The van der Waals surface area contributed by atoms with E-state index in [1.807, 2.05) is 18.2 Å². The fraction of sp³-hybridized carbons (Fsp3) is 0.217. The average Bonchev–Trinajstić information content (AvgIpc) is 3.12. The van der Waals surface area contributed by atoms with Gasteiger partial charge in [-0.25, -0.2) is 14.8 Å². The third kappa shape index (κ3) is 4.40. The molecule has 10 nitrogen and oxygen atoms in total. The van der Waals surface area contributed by atoms with Crippen molar-refractivity contribution in [2.45, 2.75) is 26.9 Å². The van der Waals surface area contributed by atoms with Gasteiger partial charge >= 0.3 is 5.69 Å². The molecule has 0 atom stereocenters. The molecule has 1 aromatic carbocycles. The molecule has 11 heteroatoms. The Bertz CT molecular complexity index is 1550. The summed E-state index contributed by atoms with van der Waals surface area (Å²) in [7, 11) is 1.46. The number of Topliss-reactive ketones (excluding diaryl/α,β-unsaturated/α-hetero) is 1. The van der Waals surface area contributed by atoms with E-state index in [9.17, 15) is 19.2 Å². The summed E-state index contributed by atoms with van der Waals surface area (Å²) in [6.07, 6.45) is 0. The van der Waals surface area contributed by atoms with Gasteiger partial charge in [-0.1, -0.05) is 29.8 Å². The minimum absolute atomic E-state index is 0.0684. The number of carbonyl (C=O) groups excluding carboxylic acids is 2. The minimum Gasteiger partial charge on any atom is -0.313 e. The Morgan fingerprint density at radius 1 is 1.00 bits per heavy atom. The number of amides is 1. The van der Waals surface area contributed by atoms with Gasteiger partial charge in [0.25, 0.3) is 5.56 Å². The maximum Gasteiger partial charge on any atom is 0.332 e. The van der Waals surface area contributed by atoms with E-state index < -0.39 is 17.2 Å². The highest BCUT2D eigenvalue weighted by atomic mass is 35.5. The molecule has 34 heavy (non-hydrogen) atoms. The number of halogens is 1. The molecule has 0 saturated heterocycles. The zero-order valence-corrected chi connectivity index (χ0v) is 19.5. The Balaban J connectivity index is 1.66. The third-order valence-electron chi connectivity index (χ3n) is 5.26. The minimum atomic E-state index is -0.676. The first-order chi connectivity index (χ1) is 16.2. The quantitative estimate of drug-likeness (QED) is 0.451. The number of carbonyl (C=O) groups is 2. The monoisotopic (exact) mass is 480 g/mol. The van der Waals surface area contributed by atoms with Crippen LogP contribution in [0.5, 0.6) is 0 Å². The van der Waals surface area contributed by atoms with Crippen molar-refractivity contribution in [3.63, 3.8) is 0 Å². The van der Waals surface area contributed by atoms with Crippen molar-refractivity contribution in [3.05, 3.63) is 74.1 Å². The Kier molecular flexibility index (Phi) is 6.16. The molecule has 0 spiro atoms. The number of aromatic nitrogens is 5. The molecule has 0 radical (unpaired) electrons. The number of fused-ring (bicyclic) bond motifs is 1. The summed E-state index contributed by atoms with van der Waals surface area (Å²) in [6.45, 7) is 2.32. The SMILES string of the molecule is CC(=O)Cn1c(=O)c2c(nc(C)n2CC(=O)Nc2cccc(-c3ccc(Cl)cc3)n2)n(C)c1=O. The number of nitrogens with one attached hydrogen (secondary N) is 1. The second-order valence-corrected chi connectivity index (χ2v) is 8.25. The van der Waals surface area contributed by atoms with E-state index in [0.717, 1.165) is 10.1 Å². The molecule has 3 aromatic heterocycles. The summed E-state index contributed by atoms with van der Waals surface area (Å²) in [5, 5.41) is 3.34. The van der Waals surface area contributed by atoms with Crippen LogP contribution in [0, 0.1) is 6.92 Å². The van der Waals surface area contributed by atoms with Crippen LogP contribution >= 0.6 is 11.6 Å². The van der Waals surface area contributed by atoms with Crippen molar-refractivity contribution in [3.8, 4) is 11.3 Å². The molecule has 0 aliphatic heterocycles. The normalized spacial score (nSPS) is 11.1. The lowest BCUT2D eigenvalue weighted by atomic mass is 10.1. The van der Waals surface area contributed by atoms with Crippen molar-refractivity contribution >= 4 is 40.3 Å². The summed E-state index contributed by atoms with van der Waals surface area (Å²) in [5.41, 5.74) is 0.376. The maximum atomic E-state index is 13.0. The van der Waals surface area contributed by atoms with Gasteiger partial charge in [-0.15, -0.1) is 0 Å². The third-order valence-corrected chi connectivity index (χ3v) is 5.51. The van der Waals surface area contributed by atoms with Gasteiger partial charge in [0, 0.05) is 17.6 Å².